The van der Waals surface area contributed by atoms with E-state index in [4.69, 9.17) is 5.26 Å². The molecule has 1 fully saturated rings. The van der Waals surface area contributed by atoms with Crippen LogP contribution < -0.4 is 10.6 Å². The van der Waals surface area contributed by atoms with E-state index < -0.39 is 0 Å². The molecule has 2 aromatic rings. The number of carbonyl (C=O) groups is 2. The van der Waals surface area contributed by atoms with Crippen LogP contribution in [-0.2, 0) is 9.59 Å². The highest BCUT2D eigenvalue weighted by molar-refractivity contribution is 5.93. The van der Waals surface area contributed by atoms with Gasteiger partial charge in [0, 0.05) is 30.9 Å². The molecule has 0 aromatic heterocycles. The maximum Gasteiger partial charge on any atom is 0.228 e. The van der Waals surface area contributed by atoms with Crippen molar-refractivity contribution in [2.75, 3.05) is 30.3 Å². The van der Waals surface area contributed by atoms with E-state index in [1.165, 1.54) is 0 Å². The second-order valence-electron chi connectivity index (χ2n) is 6.98. The standard InChI is InChI=1S/C22H24N4O2/c23-15-17-8-10-20(11-9-17)24-21(27)12-14-26-13-4-5-18(16-26)22(28)25-19-6-2-1-3-7-19/h1-3,6-11,18H,4-5,12-14,16H2,(H,24,27)(H,25,28)/t18-/m1/s1. The Hall–Kier alpha value is -3.17. The van der Waals surface area contributed by atoms with Gasteiger partial charge < -0.3 is 15.5 Å². The topological polar surface area (TPSA) is 85.2 Å². The van der Waals surface area contributed by atoms with Gasteiger partial charge in [0.2, 0.25) is 11.8 Å². The largest absolute Gasteiger partial charge is 0.326 e. The number of likely N-dealkylation sites (tertiary alicyclic amines) is 1. The second-order valence-corrected chi connectivity index (χ2v) is 6.98. The highest BCUT2D eigenvalue weighted by Gasteiger charge is 2.26. The summed E-state index contributed by atoms with van der Waals surface area (Å²) in [5, 5.41) is 14.6. The molecule has 0 bridgehead atoms. The fraction of sp³-hybridized carbons (Fsp3) is 0.318. The number of benzene rings is 2. The average Bonchev–Trinajstić information content (AvgIpc) is 2.74. The van der Waals surface area contributed by atoms with Crippen LogP contribution in [0.4, 0.5) is 11.4 Å². The van der Waals surface area contributed by atoms with Crippen molar-refractivity contribution in [1.82, 2.24) is 4.90 Å². The molecule has 1 aliphatic rings. The van der Waals surface area contributed by atoms with Crippen LogP contribution >= 0.6 is 0 Å². The summed E-state index contributed by atoms with van der Waals surface area (Å²) in [5.41, 5.74) is 2.06. The van der Waals surface area contributed by atoms with Crippen molar-refractivity contribution in [3.05, 3.63) is 60.2 Å². The summed E-state index contributed by atoms with van der Waals surface area (Å²) >= 11 is 0. The molecule has 6 heteroatoms. The molecular weight excluding hydrogens is 352 g/mol. The number of rotatable bonds is 6. The van der Waals surface area contributed by atoms with E-state index in [2.05, 4.69) is 21.6 Å². The Balaban J connectivity index is 1.44. The number of amides is 2. The molecule has 144 valence electrons. The van der Waals surface area contributed by atoms with Crippen LogP contribution in [0.1, 0.15) is 24.8 Å². The number of carbonyl (C=O) groups excluding carboxylic acids is 2. The Kier molecular flexibility index (Phi) is 6.77. The Morgan fingerprint density at radius 2 is 1.75 bits per heavy atom. The van der Waals surface area contributed by atoms with Crippen LogP contribution in [0.2, 0.25) is 0 Å². The van der Waals surface area contributed by atoms with Crippen LogP contribution in [-0.4, -0.2) is 36.3 Å². The molecule has 2 N–H and O–H groups in total. The fourth-order valence-electron chi connectivity index (χ4n) is 3.35. The maximum absolute atomic E-state index is 12.5. The fourth-order valence-corrected chi connectivity index (χ4v) is 3.35. The third kappa shape index (κ3) is 5.66. The predicted molar refractivity (Wildman–Crippen MR) is 109 cm³/mol. The Morgan fingerprint density at radius 3 is 2.46 bits per heavy atom. The highest BCUT2D eigenvalue weighted by atomic mass is 16.2. The van der Waals surface area contributed by atoms with Crippen molar-refractivity contribution in [2.24, 2.45) is 5.92 Å². The molecule has 2 aromatic carbocycles. The first-order chi connectivity index (χ1) is 13.6. The van der Waals surface area contributed by atoms with Crippen LogP contribution in [0.5, 0.6) is 0 Å². The number of para-hydroxylation sites is 1. The van der Waals surface area contributed by atoms with Crippen molar-refractivity contribution in [1.29, 1.82) is 5.26 Å². The van der Waals surface area contributed by atoms with Crippen molar-refractivity contribution < 1.29 is 9.59 Å². The van der Waals surface area contributed by atoms with Crippen LogP contribution in [0.3, 0.4) is 0 Å². The van der Waals surface area contributed by atoms with Gasteiger partial charge >= 0.3 is 0 Å². The van der Waals surface area contributed by atoms with Gasteiger partial charge in [0.15, 0.2) is 0 Å². The van der Waals surface area contributed by atoms with Crippen LogP contribution in [0.25, 0.3) is 0 Å². The van der Waals surface area contributed by atoms with Crippen molar-refractivity contribution >= 4 is 23.2 Å². The molecule has 1 saturated heterocycles. The highest BCUT2D eigenvalue weighted by Crippen LogP contribution is 2.19. The summed E-state index contributed by atoms with van der Waals surface area (Å²) in [4.78, 5) is 26.9. The molecule has 28 heavy (non-hydrogen) atoms. The van der Waals surface area contributed by atoms with E-state index in [-0.39, 0.29) is 17.7 Å². The number of hydrogen-bond acceptors (Lipinski definition) is 4. The zero-order valence-corrected chi connectivity index (χ0v) is 15.7. The lowest BCUT2D eigenvalue weighted by Gasteiger charge is -2.31. The predicted octanol–water partition coefficient (Wildman–Crippen LogP) is 3.24. The summed E-state index contributed by atoms with van der Waals surface area (Å²) in [6, 6.07) is 18.3. The Morgan fingerprint density at radius 1 is 1.04 bits per heavy atom. The number of piperidine rings is 1. The van der Waals surface area contributed by atoms with Gasteiger partial charge in [-0.2, -0.15) is 5.26 Å². The SMILES string of the molecule is N#Cc1ccc(NC(=O)CCN2CCC[C@@H](C(=O)Nc3ccccc3)C2)cc1. The van der Waals surface area contributed by atoms with Crippen molar-refractivity contribution in [3.8, 4) is 6.07 Å². The number of nitriles is 1. The smallest absolute Gasteiger partial charge is 0.228 e. The Labute approximate surface area is 165 Å². The monoisotopic (exact) mass is 376 g/mol. The van der Waals surface area contributed by atoms with E-state index >= 15 is 0 Å². The van der Waals surface area contributed by atoms with Gasteiger partial charge in [-0.15, -0.1) is 0 Å². The van der Waals surface area contributed by atoms with E-state index in [9.17, 15) is 9.59 Å². The molecule has 0 unspecified atom stereocenters. The summed E-state index contributed by atoms with van der Waals surface area (Å²) in [5.74, 6) is -0.0888. The lowest BCUT2D eigenvalue weighted by molar-refractivity contribution is -0.121. The van der Waals surface area contributed by atoms with E-state index in [0.29, 0.717) is 30.8 Å². The molecule has 3 rings (SSSR count). The van der Waals surface area contributed by atoms with Gasteiger partial charge in [-0.1, -0.05) is 18.2 Å². The molecular formula is C22H24N4O2. The Bertz CT molecular complexity index is 843. The van der Waals surface area contributed by atoms with Gasteiger partial charge in [-0.25, -0.2) is 0 Å². The zero-order valence-electron chi connectivity index (χ0n) is 15.7. The van der Waals surface area contributed by atoms with Gasteiger partial charge in [0.1, 0.15) is 0 Å². The van der Waals surface area contributed by atoms with Crippen molar-refractivity contribution in [2.45, 2.75) is 19.3 Å². The summed E-state index contributed by atoms with van der Waals surface area (Å²) < 4.78 is 0. The molecule has 0 spiro atoms. The quantitative estimate of drug-likeness (QED) is 0.810. The molecule has 0 saturated carbocycles. The number of hydrogen-bond donors (Lipinski definition) is 2. The van der Waals surface area contributed by atoms with Gasteiger partial charge in [-0.3, -0.25) is 9.59 Å². The zero-order chi connectivity index (χ0) is 19.8. The third-order valence-electron chi connectivity index (χ3n) is 4.87. The second kappa shape index (κ2) is 9.67. The number of anilines is 2. The van der Waals surface area contributed by atoms with E-state index in [1.54, 1.807) is 24.3 Å². The first kappa shape index (κ1) is 19.6. The minimum absolute atomic E-state index is 0.0398. The molecule has 1 atom stereocenters. The normalized spacial score (nSPS) is 16.8. The van der Waals surface area contributed by atoms with E-state index in [1.807, 2.05) is 30.3 Å². The number of nitrogens with zero attached hydrogens (tertiary/aromatic N) is 2. The summed E-state index contributed by atoms with van der Waals surface area (Å²) in [6.07, 6.45) is 2.18. The van der Waals surface area contributed by atoms with Gasteiger partial charge in [0.25, 0.3) is 0 Å². The van der Waals surface area contributed by atoms with E-state index in [0.717, 1.165) is 25.1 Å². The first-order valence-electron chi connectivity index (χ1n) is 9.52. The maximum atomic E-state index is 12.5. The number of nitrogens with one attached hydrogen (secondary N) is 2. The lowest BCUT2D eigenvalue weighted by atomic mass is 9.97. The van der Waals surface area contributed by atoms with Gasteiger partial charge in [0.05, 0.1) is 17.6 Å². The van der Waals surface area contributed by atoms with Gasteiger partial charge in [-0.05, 0) is 55.8 Å². The first-order valence-corrected chi connectivity index (χ1v) is 9.52. The third-order valence-corrected chi connectivity index (χ3v) is 4.87. The van der Waals surface area contributed by atoms with Crippen LogP contribution in [0, 0.1) is 17.2 Å². The molecule has 1 heterocycles. The van der Waals surface area contributed by atoms with Crippen molar-refractivity contribution in [3.63, 3.8) is 0 Å². The molecule has 2 amide bonds. The molecule has 0 aliphatic carbocycles. The molecule has 1 aliphatic heterocycles. The summed E-state index contributed by atoms with van der Waals surface area (Å²) in [7, 11) is 0. The molecule has 0 radical (unpaired) electrons. The minimum Gasteiger partial charge on any atom is -0.326 e. The molecule has 6 nitrogen and oxygen atoms in total. The minimum atomic E-state index is -0.0689. The lowest BCUT2D eigenvalue weighted by Crippen LogP contribution is -2.41. The average molecular weight is 376 g/mol. The summed E-state index contributed by atoms with van der Waals surface area (Å²) in [6.45, 7) is 2.19. The van der Waals surface area contributed by atoms with Crippen LogP contribution in [0.15, 0.2) is 54.6 Å².